The number of nitrogens with zero attached hydrogens (tertiary/aromatic N) is 2. The lowest BCUT2D eigenvalue weighted by Crippen LogP contribution is -2.50. The second-order valence-corrected chi connectivity index (χ2v) is 9.39. The lowest BCUT2D eigenvalue weighted by molar-refractivity contribution is -0.120. The molecule has 164 valence electrons. The first kappa shape index (κ1) is 24.3. The minimum atomic E-state index is -3.35. The summed E-state index contributed by atoms with van der Waals surface area (Å²) in [7, 11) is -3.35. The molecule has 0 spiro atoms. The number of hydrogen-bond acceptors (Lipinski definition) is 4. The van der Waals surface area contributed by atoms with Crippen molar-refractivity contribution in [2.24, 2.45) is 0 Å². The smallest absolute Gasteiger partial charge is 0.224 e. The van der Waals surface area contributed by atoms with Gasteiger partial charge in [-0.25, -0.2) is 8.42 Å². The van der Waals surface area contributed by atoms with E-state index in [1.807, 2.05) is 48.5 Å². The summed E-state index contributed by atoms with van der Waals surface area (Å²) in [4.78, 5) is 14.3. The number of halogens is 1. The number of rotatable bonds is 9. The second-order valence-electron chi connectivity index (χ2n) is 7.30. The van der Waals surface area contributed by atoms with Crippen molar-refractivity contribution >= 4 is 28.3 Å². The molecular formula is C22H30ClN3O3S. The van der Waals surface area contributed by atoms with Crippen molar-refractivity contribution < 1.29 is 13.2 Å². The summed E-state index contributed by atoms with van der Waals surface area (Å²) in [5.74, 6) is -0.213. The molecule has 2 aromatic rings. The Kier molecular flexibility index (Phi) is 9.78. The number of carbonyl (C=O) groups excluding carboxylic acids is 1. The molecule has 1 N–H and O–H groups in total. The van der Waals surface area contributed by atoms with E-state index in [0.29, 0.717) is 13.1 Å². The normalized spacial score (nSPS) is 15.3. The summed E-state index contributed by atoms with van der Waals surface area (Å²) in [6.07, 6.45) is 1.24. The van der Waals surface area contributed by atoms with E-state index in [9.17, 15) is 13.2 Å². The van der Waals surface area contributed by atoms with Crippen LogP contribution in [0.15, 0.2) is 60.7 Å². The first-order valence-electron chi connectivity index (χ1n) is 10.1. The Bertz CT molecular complexity index is 871. The third kappa shape index (κ3) is 7.72. The Balaban J connectivity index is 0.00000320. The molecule has 0 unspecified atom stereocenters. The molecule has 0 aliphatic carbocycles. The maximum atomic E-state index is 12.6. The number of carbonyl (C=O) groups is 1. The molecule has 3 rings (SSSR count). The number of hydrogen-bond donors (Lipinski definition) is 1. The van der Waals surface area contributed by atoms with E-state index in [4.69, 9.17) is 0 Å². The van der Waals surface area contributed by atoms with Crippen LogP contribution in [0.3, 0.4) is 0 Å². The molecule has 1 aliphatic rings. The average molecular weight is 452 g/mol. The number of piperazine rings is 1. The Morgan fingerprint density at radius 1 is 0.867 bits per heavy atom. The molecule has 2 aromatic carbocycles. The fraction of sp³-hybridized carbons (Fsp3) is 0.409. The molecule has 0 bridgehead atoms. The van der Waals surface area contributed by atoms with Crippen molar-refractivity contribution in [2.75, 3.05) is 45.0 Å². The minimum absolute atomic E-state index is 0. The molecule has 30 heavy (non-hydrogen) atoms. The zero-order chi connectivity index (χ0) is 20.5. The van der Waals surface area contributed by atoms with Crippen LogP contribution in [0.4, 0.5) is 0 Å². The molecule has 0 aromatic heterocycles. The molecule has 1 fully saturated rings. The van der Waals surface area contributed by atoms with Gasteiger partial charge in [-0.1, -0.05) is 60.7 Å². The second kappa shape index (κ2) is 12.1. The molecule has 0 radical (unpaired) electrons. The number of benzene rings is 2. The van der Waals surface area contributed by atoms with Gasteiger partial charge in [0.1, 0.15) is 0 Å². The van der Waals surface area contributed by atoms with Crippen molar-refractivity contribution in [3.8, 4) is 0 Å². The highest BCUT2D eigenvalue weighted by Crippen LogP contribution is 2.09. The van der Waals surface area contributed by atoms with Crippen LogP contribution in [0.2, 0.25) is 0 Å². The number of amides is 1. The van der Waals surface area contributed by atoms with Crippen molar-refractivity contribution in [3.05, 3.63) is 71.8 Å². The summed E-state index contributed by atoms with van der Waals surface area (Å²) in [6.45, 7) is 3.58. The summed E-state index contributed by atoms with van der Waals surface area (Å²) in [6, 6.07) is 19.8. The van der Waals surface area contributed by atoms with E-state index in [1.54, 1.807) is 4.31 Å². The maximum Gasteiger partial charge on any atom is 0.224 e. The Morgan fingerprint density at radius 2 is 1.43 bits per heavy atom. The Hall–Kier alpha value is -1.93. The van der Waals surface area contributed by atoms with Crippen molar-refractivity contribution in [2.45, 2.75) is 12.8 Å². The van der Waals surface area contributed by atoms with Crippen LogP contribution in [-0.2, 0) is 27.7 Å². The summed E-state index contributed by atoms with van der Waals surface area (Å²) in [5, 5.41) is 2.72. The lowest BCUT2D eigenvalue weighted by atomic mass is 10.1. The molecule has 0 saturated carbocycles. The van der Waals surface area contributed by atoms with E-state index in [1.165, 1.54) is 5.56 Å². The third-order valence-corrected chi connectivity index (χ3v) is 7.05. The highest BCUT2D eigenvalue weighted by atomic mass is 35.5. The fourth-order valence-corrected chi connectivity index (χ4v) is 4.79. The first-order chi connectivity index (χ1) is 14.0. The number of nitrogens with one attached hydrogen (secondary N) is 1. The predicted molar refractivity (Wildman–Crippen MR) is 122 cm³/mol. The third-order valence-electron chi connectivity index (χ3n) is 5.17. The van der Waals surface area contributed by atoms with Gasteiger partial charge in [0.15, 0.2) is 0 Å². The van der Waals surface area contributed by atoms with E-state index >= 15 is 0 Å². The molecule has 1 aliphatic heterocycles. The van der Waals surface area contributed by atoms with Crippen LogP contribution in [0.1, 0.15) is 11.1 Å². The molecule has 1 heterocycles. The van der Waals surface area contributed by atoms with E-state index < -0.39 is 10.0 Å². The maximum absolute atomic E-state index is 12.6. The molecule has 8 heteroatoms. The minimum Gasteiger partial charge on any atom is -0.355 e. The van der Waals surface area contributed by atoms with Crippen LogP contribution < -0.4 is 5.32 Å². The van der Waals surface area contributed by atoms with Gasteiger partial charge in [0, 0.05) is 39.3 Å². The van der Waals surface area contributed by atoms with Gasteiger partial charge in [0.2, 0.25) is 15.9 Å². The summed E-state index contributed by atoms with van der Waals surface area (Å²) >= 11 is 0. The van der Waals surface area contributed by atoms with Crippen LogP contribution in [0.5, 0.6) is 0 Å². The largest absolute Gasteiger partial charge is 0.355 e. The van der Waals surface area contributed by atoms with Crippen molar-refractivity contribution in [1.82, 2.24) is 14.5 Å². The number of sulfonamides is 1. The Labute approximate surface area is 185 Å². The van der Waals surface area contributed by atoms with Gasteiger partial charge in [-0.15, -0.1) is 12.4 Å². The van der Waals surface area contributed by atoms with E-state index in [2.05, 4.69) is 22.3 Å². The van der Waals surface area contributed by atoms with E-state index in [-0.39, 0.29) is 37.0 Å². The van der Waals surface area contributed by atoms with Crippen LogP contribution >= 0.6 is 12.4 Å². The molecule has 1 amide bonds. The standard InChI is InChI=1S/C22H29N3O3S.ClH/c26-22(19-21-9-5-2-6-10-21)23-12-18-29(27,28)25-16-14-24(15-17-25)13-11-20-7-3-1-4-8-20;/h1-10H,11-19H2,(H,23,26);1H. The summed E-state index contributed by atoms with van der Waals surface area (Å²) in [5.41, 5.74) is 2.22. The quantitative estimate of drug-likeness (QED) is 0.632. The summed E-state index contributed by atoms with van der Waals surface area (Å²) < 4.78 is 26.7. The zero-order valence-corrected chi connectivity index (χ0v) is 18.7. The first-order valence-corrected chi connectivity index (χ1v) is 11.7. The molecule has 1 saturated heterocycles. The SMILES string of the molecule is Cl.O=C(Cc1ccccc1)NCCS(=O)(=O)N1CCN(CCc2ccccc2)CC1. The molecular weight excluding hydrogens is 422 g/mol. The molecule has 0 atom stereocenters. The average Bonchev–Trinajstić information content (AvgIpc) is 2.74. The van der Waals surface area contributed by atoms with E-state index in [0.717, 1.165) is 31.6 Å². The van der Waals surface area contributed by atoms with Crippen molar-refractivity contribution in [3.63, 3.8) is 0 Å². The van der Waals surface area contributed by atoms with Gasteiger partial charge in [-0.3, -0.25) is 4.79 Å². The predicted octanol–water partition coefficient (Wildman–Crippen LogP) is 1.96. The zero-order valence-electron chi connectivity index (χ0n) is 17.1. The van der Waals surface area contributed by atoms with Crippen LogP contribution in [0.25, 0.3) is 0 Å². The highest BCUT2D eigenvalue weighted by molar-refractivity contribution is 7.89. The van der Waals surface area contributed by atoms with Gasteiger partial charge < -0.3 is 10.2 Å². The van der Waals surface area contributed by atoms with Gasteiger partial charge in [0.05, 0.1) is 12.2 Å². The van der Waals surface area contributed by atoms with Crippen LogP contribution in [0, 0.1) is 0 Å². The van der Waals surface area contributed by atoms with Crippen LogP contribution in [-0.4, -0.2) is 68.6 Å². The van der Waals surface area contributed by atoms with Gasteiger partial charge >= 0.3 is 0 Å². The fourth-order valence-electron chi connectivity index (χ4n) is 3.46. The van der Waals surface area contributed by atoms with Crippen molar-refractivity contribution in [1.29, 1.82) is 0 Å². The van der Waals surface area contributed by atoms with Gasteiger partial charge in [-0.05, 0) is 17.5 Å². The highest BCUT2D eigenvalue weighted by Gasteiger charge is 2.26. The lowest BCUT2D eigenvalue weighted by Gasteiger charge is -2.34. The van der Waals surface area contributed by atoms with Gasteiger partial charge in [-0.2, -0.15) is 4.31 Å². The Morgan fingerprint density at radius 3 is 2.03 bits per heavy atom. The monoisotopic (exact) mass is 451 g/mol. The topological polar surface area (TPSA) is 69.7 Å². The molecule has 6 nitrogen and oxygen atoms in total. The van der Waals surface area contributed by atoms with Gasteiger partial charge in [0.25, 0.3) is 0 Å².